The first-order valence-corrected chi connectivity index (χ1v) is 8.21. The molecule has 4 nitrogen and oxygen atoms in total. The summed E-state index contributed by atoms with van der Waals surface area (Å²) in [5.41, 5.74) is 3.52. The molecule has 2 aromatic heterocycles. The molecule has 0 bridgehead atoms. The third-order valence-electron chi connectivity index (χ3n) is 3.87. The number of aromatic amines is 1. The molecule has 5 heteroatoms. The van der Waals surface area contributed by atoms with E-state index in [-0.39, 0.29) is 6.04 Å². The third-order valence-corrected chi connectivity index (χ3v) is 4.80. The first-order chi connectivity index (χ1) is 10.8. The molecule has 0 aliphatic carbocycles. The molecule has 1 aliphatic rings. The lowest BCUT2D eigenvalue weighted by Crippen LogP contribution is -2.30. The van der Waals surface area contributed by atoms with E-state index < -0.39 is 0 Å². The van der Waals surface area contributed by atoms with Crippen LogP contribution in [-0.2, 0) is 6.42 Å². The van der Waals surface area contributed by atoms with Crippen molar-refractivity contribution < 1.29 is 4.42 Å². The van der Waals surface area contributed by atoms with E-state index in [9.17, 15) is 0 Å². The van der Waals surface area contributed by atoms with E-state index in [1.54, 1.807) is 18.1 Å². The number of aromatic nitrogens is 2. The molecule has 2 N–H and O–H groups in total. The Morgan fingerprint density at radius 1 is 1.18 bits per heavy atom. The molecule has 0 fully saturated rings. The van der Waals surface area contributed by atoms with Gasteiger partial charge in [0.2, 0.25) is 0 Å². The van der Waals surface area contributed by atoms with Gasteiger partial charge in [-0.2, -0.15) is 0 Å². The predicted octanol–water partition coefficient (Wildman–Crippen LogP) is 3.70. The van der Waals surface area contributed by atoms with E-state index >= 15 is 0 Å². The second-order valence-electron chi connectivity index (χ2n) is 5.48. The maximum Gasteiger partial charge on any atom is 0.165 e. The Hall–Kier alpha value is -1.98. The van der Waals surface area contributed by atoms with Gasteiger partial charge in [-0.15, -0.1) is 0 Å². The van der Waals surface area contributed by atoms with Crippen molar-refractivity contribution in [2.45, 2.75) is 29.4 Å². The fourth-order valence-electron chi connectivity index (χ4n) is 2.72. The highest BCUT2D eigenvalue weighted by Crippen LogP contribution is 2.33. The highest BCUT2D eigenvalue weighted by Gasteiger charge is 2.26. The Kier molecular flexibility index (Phi) is 3.52. The fourth-order valence-corrected chi connectivity index (χ4v) is 3.50. The van der Waals surface area contributed by atoms with E-state index in [4.69, 9.17) is 4.42 Å². The van der Waals surface area contributed by atoms with Gasteiger partial charge in [0, 0.05) is 23.6 Å². The Labute approximate surface area is 133 Å². The number of furan rings is 1. The van der Waals surface area contributed by atoms with E-state index in [1.165, 1.54) is 16.2 Å². The van der Waals surface area contributed by atoms with Crippen LogP contribution in [0.15, 0.2) is 57.1 Å². The van der Waals surface area contributed by atoms with Crippen molar-refractivity contribution >= 4 is 11.8 Å². The van der Waals surface area contributed by atoms with Crippen LogP contribution in [0, 0.1) is 6.92 Å². The van der Waals surface area contributed by atoms with Crippen LogP contribution in [0.2, 0.25) is 0 Å². The lowest BCUT2D eigenvalue weighted by Gasteiger charge is -2.20. The van der Waals surface area contributed by atoms with Crippen LogP contribution in [0.1, 0.15) is 28.8 Å². The lowest BCUT2D eigenvalue weighted by molar-refractivity contribution is 0.383. The summed E-state index contributed by atoms with van der Waals surface area (Å²) in [5, 5.41) is 4.38. The summed E-state index contributed by atoms with van der Waals surface area (Å²) in [6.45, 7) is 3.02. The predicted molar refractivity (Wildman–Crippen MR) is 86.1 cm³/mol. The molecular weight excluding hydrogens is 294 g/mol. The van der Waals surface area contributed by atoms with Gasteiger partial charge in [0.25, 0.3) is 0 Å². The van der Waals surface area contributed by atoms with Crippen molar-refractivity contribution in [1.82, 2.24) is 15.3 Å². The van der Waals surface area contributed by atoms with Gasteiger partial charge < -0.3 is 14.7 Å². The molecule has 3 aromatic rings. The van der Waals surface area contributed by atoms with Crippen molar-refractivity contribution in [2.24, 2.45) is 0 Å². The fraction of sp³-hybridized carbons (Fsp3) is 0.235. The van der Waals surface area contributed by atoms with Gasteiger partial charge in [0.1, 0.15) is 11.8 Å². The van der Waals surface area contributed by atoms with Crippen LogP contribution in [0.3, 0.4) is 0 Å². The third kappa shape index (κ3) is 2.58. The minimum absolute atomic E-state index is 0.0439. The summed E-state index contributed by atoms with van der Waals surface area (Å²) in [7, 11) is 0. The normalized spacial score (nSPS) is 17.4. The number of fused-ring (bicyclic) bond motifs is 1. The monoisotopic (exact) mass is 311 g/mol. The van der Waals surface area contributed by atoms with Crippen molar-refractivity contribution in [2.75, 3.05) is 6.54 Å². The topological polar surface area (TPSA) is 53.9 Å². The minimum atomic E-state index is 0.0439. The van der Waals surface area contributed by atoms with Crippen LogP contribution < -0.4 is 5.32 Å². The summed E-state index contributed by atoms with van der Waals surface area (Å²) in [4.78, 5) is 8.83. The molecule has 0 radical (unpaired) electrons. The van der Waals surface area contributed by atoms with Gasteiger partial charge in [-0.3, -0.25) is 0 Å². The van der Waals surface area contributed by atoms with E-state index in [0.717, 1.165) is 29.5 Å². The average Bonchev–Trinajstić information content (AvgIpc) is 3.18. The number of hydrogen-bond acceptors (Lipinski definition) is 4. The van der Waals surface area contributed by atoms with Crippen LogP contribution in [0.5, 0.6) is 0 Å². The molecule has 1 aliphatic heterocycles. The Morgan fingerprint density at radius 3 is 2.91 bits per heavy atom. The summed E-state index contributed by atoms with van der Waals surface area (Å²) in [6, 6.07) is 12.6. The molecule has 0 saturated heterocycles. The van der Waals surface area contributed by atoms with Crippen molar-refractivity contribution in [1.29, 1.82) is 0 Å². The standard InChI is InChI=1S/C17H17N3OS/c1-11-2-4-12(5-3-11)22-15-7-6-14(21-15)17-16-13(8-9-18-17)19-10-20-16/h2-7,10,17-18H,8-9H2,1H3,(H,19,20)/t17-/m0/s1. The maximum absolute atomic E-state index is 6.03. The number of nitrogens with zero attached hydrogens (tertiary/aromatic N) is 1. The Balaban J connectivity index is 1.56. The van der Waals surface area contributed by atoms with E-state index in [0.29, 0.717) is 0 Å². The highest BCUT2D eigenvalue weighted by molar-refractivity contribution is 7.99. The van der Waals surface area contributed by atoms with Gasteiger partial charge in [-0.05, 0) is 31.2 Å². The van der Waals surface area contributed by atoms with Gasteiger partial charge >= 0.3 is 0 Å². The Morgan fingerprint density at radius 2 is 2.05 bits per heavy atom. The first-order valence-electron chi connectivity index (χ1n) is 7.39. The highest BCUT2D eigenvalue weighted by atomic mass is 32.2. The molecule has 1 atom stereocenters. The zero-order chi connectivity index (χ0) is 14.9. The van der Waals surface area contributed by atoms with Crippen molar-refractivity contribution in [3.05, 3.63) is 65.4 Å². The molecule has 112 valence electrons. The molecule has 0 unspecified atom stereocenters. The number of aryl methyl sites for hydroxylation is 1. The second kappa shape index (κ2) is 5.66. The van der Waals surface area contributed by atoms with E-state index in [1.807, 2.05) is 12.1 Å². The molecule has 0 amide bonds. The second-order valence-corrected chi connectivity index (χ2v) is 6.55. The van der Waals surface area contributed by atoms with Gasteiger partial charge in [0.15, 0.2) is 5.09 Å². The first kappa shape index (κ1) is 13.7. The summed E-state index contributed by atoms with van der Waals surface area (Å²) < 4.78 is 6.03. The Bertz CT molecular complexity index is 775. The number of nitrogens with one attached hydrogen (secondary N) is 2. The summed E-state index contributed by atoms with van der Waals surface area (Å²) in [6.07, 6.45) is 2.74. The van der Waals surface area contributed by atoms with Gasteiger partial charge in [-0.25, -0.2) is 4.98 Å². The lowest BCUT2D eigenvalue weighted by atomic mass is 10.0. The number of hydrogen-bond donors (Lipinski definition) is 2. The molecule has 0 spiro atoms. The zero-order valence-corrected chi connectivity index (χ0v) is 13.1. The molecular formula is C17H17N3OS. The number of H-pyrrole nitrogens is 1. The van der Waals surface area contributed by atoms with Gasteiger partial charge in [-0.1, -0.05) is 29.5 Å². The van der Waals surface area contributed by atoms with Gasteiger partial charge in [0.05, 0.1) is 12.0 Å². The molecule has 3 heterocycles. The molecule has 0 saturated carbocycles. The SMILES string of the molecule is Cc1ccc(Sc2ccc([C@@H]3NCCc4[nH]cnc43)o2)cc1. The molecule has 1 aromatic carbocycles. The van der Waals surface area contributed by atoms with Crippen LogP contribution in [0.25, 0.3) is 0 Å². The van der Waals surface area contributed by atoms with Crippen LogP contribution >= 0.6 is 11.8 Å². The number of rotatable bonds is 3. The average molecular weight is 311 g/mol. The van der Waals surface area contributed by atoms with Crippen molar-refractivity contribution in [3.63, 3.8) is 0 Å². The minimum Gasteiger partial charge on any atom is -0.452 e. The molecule has 22 heavy (non-hydrogen) atoms. The number of benzene rings is 1. The van der Waals surface area contributed by atoms with Crippen LogP contribution in [-0.4, -0.2) is 16.5 Å². The quantitative estimate of drug-likeness (QED) is 0.774. The number of imidazole rings is 1. The summed E-state index contributed by atoms with van der Waals surface area (Å²) in [5.74, 6) is 0.919. The van der Waals surface area contributed by atoms with Crippen LogP contribution in [0.4, 0.5) is 0 Å². The van der Waals surface area contributed by atoms with Crippen molar-refractivity contribution in [3.8, 4) is 0 Å². The molecule has 4 rings (SSSR count). The van der Waals surface area contributed by atoms with E-state index in [2.05, 4.69) is 46.5 Å². The smallest absolute Gasteiger partial charge is 0.165 e. The zero-order valence-electron chi connectivity index (χ0n) is 12.3. The maximum atomic E-state index is 6.03. The largest absolute Gasteiger partial charge is 0.452 e. The summed E-state index contributed by atoms with van der Waals surface area (Å²) >= 11 is 1.64.